The predicted octanol–water partition coefficient (Wildman–Crippen LogP) is 0.504. The van der Waals surface area contributed by atoms with E-state index in [9.17, 15) is 14.4 Å². The van der Waals surface area contributed by atoms with Crippen molar-refractivity contribution in [2.75, 3.05) is 26.7 Å². The highest BCUT2D eigenvalue weighted by molar-refractivity contribution is 5.86. The lowest BCUT2D eigenvalue weighted by Crippen LogP contribution is -2.53. The monoisotopic (exact) mass is 285 g/mol. The molecule has 7 nitrogen and oxygen atoms in total. The number of carboxylic acids is 1. The molecule has 114 valence electrons. The second kappa shape index (κ2) is 7.72. The van der Waals surface area contributed by atoms with Crippen molar-refractivity contribution in [3.05, 3.63) is 0 Å². The van der Waals surface area contributed by atoms with Crippen LogP contribution in [0.5, 0.6) is 0 Å². The summed E-state index contributed by atoms with van der Waals surface area (Å²) >= 11 is 0. The first-order valence-corrected chi connectivity index (χ1v) is 6.98. The average molecular weight is 285 g/mol. The van der Waals surface area contributed by atoms with Gasteiger partial charge in [0.15, 0.2) is 0 Å². The highest BCUT2D eigenvalue weighted by Gasteiger charge is 2.33. The van der Waals surface area contributed by atoms with Gasteiger partial charge in [0, 0.05) is 20.1 Å². The zero-order chi connectivity index (χ0) is 15.1. The molecule has 0 aromatic rings. The predicted molar refractivity (Wildman–Crippen MR) is 73.3 cm³/mol. The van der Waals surface area contributed by atoms with Gasteiger partial charge in [-0.05, 0) is 25.7 Å². The van der Waals surface area contributed by atoms with Gasteiger partial charge in [0.05, 0.1) is 0 Å². The fraction of sp³-hybridized carbons (Fsp3) is 0.769. The van der Waals surface area contributed by atoms with Crippen LogP contribution in [0.15, 0.2) is 0 Å². The molecule has 3 amide bonds. The van der Waals surface area contributed by atoms with Crippen LogP contribution in [-0.4, -0.2) is 65.5 Å². The van der Waals surface area contributed by atoms with Crippen LogP contribution in [0.3, 0.4) is 0 Å². The van der Waals surface area contributed by atoms with Gasteiger partial charge in [-0.15, -0.1) is 0 Å². The number of hydrogen-bond donors (Lipinski definition) is 2. The minimum atomic E-state index is -0.984. The molecule has 1 aliphatic heterocycles. The molecule has 1 fully saturated rings. The zero-order valence-electron chi connectivity index (χ0n) is 12.1. The third-order valence-electron chi connectivity index (χ3n) is 3.31. The summed E-state index contributed by atoms with van der Waals surface area (Å²) in [5.74, 6) is -1.21. The Bertz CT molecular complexity index is 373. The fourth-order valence-corrected chi connectivity index (χ4v) is 2.24. The third kappa shape index (κ3) is 4.40. The van der Waals surface area contributed by atoms with E-state index in [4.69, 9.17) is 5.11 Å². The van der Waals surface area contributed by atoms with E-state index in [1.165, 1.54) is 16.8 Å². The number of likely N-dealkylation sites (tertiary alicyclic amines) is 1. The molecule has 0 bridgehead atoms. The SMILES string of the molecule is CCCNC(=O)CN(C)C(=O)N1CCCCC1C(=O)O. The van der Waals surface area contributed by atoms with Crippen LogP contribution in [0.25, 0.3) is 0 Å². The molecule has 1 aliphatic rings. The van der Waals surface area contributed by atoms with Crippen LogP contribution in [-0.2, 0) is 9.59 Å². The molecule has 1 heterocycles. The summed E-state index contributed by atoms with van der Waals surface area (Å²) in [4.78, 5) is 37.6. The average Bonchev–Trinajstić information content (AvgIpc) is 2.44. The number of nitrogens with zero attached hydrogens (tertiary/aromatic N) is 2. The Morgan fingerprint density at radius 2 is 2.05 bits per heavy atom. The van der Waals surface area contributed by atoms with Crippen molar-refractivity contribution >= 4 is 17.9 Å². The van der Waals surface area contributed by atoms with E-state index in [2.05, 4.69) is 5.32 Å². The zero-order valence-corrected chi connectivity index (χ0v) is 12.1. The second-order valence-electron chi connectivity index (χ2n) is 5.03. The molecule has 0 saturated carbocycles. The molecular formula is C13H23N3O4. The van der Waals surface area contributed by atoms with Gasteiger partial charge >= 0.3 is 12.0 Å². The minimum absolute atomic E-state index is 0.0539. The van der Waals surface area contributed by atoms with Crippen molar-refractivity contribution in [2.45, 2.75) is 38.6 Å². The first kappa shape index (κ1) is 16.3. The van der Waals surface area contributed by atoms with Crippen molar-refractivity contribution in [3.63, 3.8) is 0 Å². The van der Waals surface area contributed by atoms with E-state index in [0.29, 0.717) is 19.5 Å². The molecular weight excluding hydrogens is 262 g/mol. The summed E-state index contributed by atoms with van der Waals surface area (Å²) in [6.07, 6.45) is 2.90. The Morgan fingerprint density at radius 1 is 1.35 bits per heavy atom. The number of carboxylic acid groups (broad SMARTS) is 1. The topological polar surface area (TPSA) is 90.0 Å². The number of carbonyl (C=O) groups excluding carboxylic acids is 2. The number of urea groups is 1. The Balaban J connectivity index is 2.57. The highest BCUT2D eigenvalue weighted by atomic mass is 16.4. The molecule has 1 atom stereocenters. The summed E-state index contributed by atoms with van der Waals surface area (Å²) in [5.41, 5.74) is 0. The van der Waals surface area contributed by atoms with Crippen LogP contribution >= 0.6 is 0 Å². The number of piperidine rings is 1. The van der Waals surface area contributed by atoms with Crippen LogP contribution in [0.2, 0.25) is 0 Å². The molecule has 0 aliphatic carbocycles. The van der Waals surface area contributed by atoms with E-state index in [0.717, 1.165) is 19.3 Å². The fourth-order valence-electron chi connectivity index (χ4n) is 2.24. The van der Waals surface area contributed by atoms with Crippen molar-refractivity contribution in [1.82, 2.24) is 15.1 Å². The first-order valence-electron chi connectivity index (χ1n) is 6.98. The Morgan fingerprint density at radius 3 is 2.65 bits per heavy atom. The number of amides is 3. The van der Waals surface area contributed by atoms with Crippen LogP contribution in [0.4, 0.5) is 4.79 Å². The Kier molecular flexibility index (Phi) is 6.27. The minimum Gasteiger partial charge on any atom is -0.480 e. The van der Waals surface area contributed by atoms with Gasteiger partial charge in [-0.25, -0.2) is 9.59 Å². The van der Waals surface area contributed by atoms with Gasteiger partial charge in [0.1, 0.15) is 12.6 Å². The molecule has 20 heavy (non-hydrogen) atoms. The first-order chi connectivity index (χ1) is 9.47. The highest BCUT2D eigenvalue weighted by Crippen LogP contribution is 2.18. The normalized spacial score (nSPS) is 18.5. The molecule has 7 heteroatoms. The summed E-state index contributed by atoms with van der Waals surface area (Å²) in [5, 5.41) is 11.8. The molecule has 1 unspecified atom stereocenters. The smallest absolute Gasteiger partial charge is 0.326 e. The van der Waals surface area contributed by atoms with E-state index in [1.54, 1.807) is 0 Å². The molecule has 1 saturated heterocycles. The van der Waals surface area contributed by atoms with Crippen molar-refractivity contribution in [3.8, 4) is 0 Å². The van der Waals surface area contributed by atoms with E-state index in [-0.39, 0.29) is 12.5 Å². The summed E-state index contributed by atoms with van der Waals surface area (Å²) < 4.78 is 0. The van der Waals surface area contributed by atoms with Gasteiger partial charge in [0.25, 0.3) is 0 Å². The van der Waals surface area contributed by atoms with Gasteiger partial charge in [0.2, 0.25) is 5.91 Å². The number of rotatable bonds is 5. The molecule has 0 aromatic heterocycles. The maximum absolute atomic E-state index is 12.2. The largest absolute Gasteiger partial charge is 0.480 e. The lowest BCUT2D eigenvalue weighted by Gasteiger charge is -2.35. The number of aliphatic carboxylic acids is 1. The van der Waals surface area contributed by atoms with Gasteiger partial charge in [-0.2, -0.15) is 0 Å². The molecule has 2 N–H and O–H groups in total. The number of nitrogens with one attached hydrogen (secondary N) is 1. The summed E-state index contributed by atoms with van der Waals surface area (Å²) in [6.45, 7) is 2.89. The molecule has 0 radical (unpaired) electrons. The van der Waals surface area contributed by atoms with Crippen LogP contribution in [0.1, 0.15) is 32.6 Å². The third-order valence-corrected chi connectivity index (χ3v) is 3.31. The number of likely N-dealkylation sites (N-methyl/N-ethyl adjacent to an activating group) is 1. The van der Waals surface area contributed by atoms with E-state index >= 15 is 0 Å². The summed E-state index contributed by atoms with van der Waals surface area (Å²) in [6, 6.07) is -1.18. The maximum Gasteiger partial charge on any atom is 0.326 e. The Labute approximate surface area is 118 Å². The van der Waals surface area contributed by atoms with Crippen molar-refractivity contribution < 1.29 is 19.5 Å². The number of hydrogen-bond acceptors (Lipinski definition) is 3. The molecule has 1 rings (SSSR count). The second-order valence-corrected chi connectivity index (χ2v) is 5.03. The maximum atomic E-state index is 12.2. The van der Waals surface area contributed by atoms with Crippen LogP contribution in [0, 0.1) is 0 Å². The van der Waals surface area contributed by atoms with E-state index < -0.39 is 18.0 Å². The molecule has 0 spiro atoms. The van der Waals surface area contributed by atoms with Crippen molar-refractivity contribution in [1.29, 1.82) is 0 Å². The van der Waals surface area contributed by atoms with Crippen molar-refractivity contribution in [2.24, 2.45) is 0 Å². The summed E-state index contributed by atoms with van der Waals surface area (Å²) in [7, 11) is 1.52. The van der Waals surface area contributed by atoms with E-state index in [1.807, 2.05) is 6.92 Å². The standard InChI is InChI=1S/C13H23N3O4/c1-3-7-14-11(17)9-15(2)13(20)16-8-5-4-6-10(16)12(18)19/h10H,3-9H2,1-2H3,(H,14,17)(H,18,19). The lowest BCUT2D eigenvalue weighted by molar-refractivity contribution is -0.143. The lowest BCUT2D eigenvalue weighted by atomic mass is 10.0. The van der Waals surface area contributed by atoms with Gasteiger partial charge < -0.3 is 20.2 Å². The number of carbonyl (C=O) groups is 3. The van der Waals surface area contributed by atoms with Gasteiger partial charge in [-0.3, -0.25) is 4.79 Å². The quantitative estimate of drug-likeness (QED) is 0.770. The van der Waals surface area contributed by atoms with Gasteiger partial charge in [-0.1, -0.05) is 6.92 Å². The van der Waals surface area contributed by atoms with Crippen LogP contribution < -0.4 is 5.32 Å². The Hall–Kier alpha value is -1.79. The molecule has 0 aromatic carbocycles.